The van der Waals surface area contributed by atoms with Crippen LogP contribution in [0.1, 0.15) is 33.1 Å². The third-order valence-corrected chi connectivity index (χ3v) is 3.51. The SMILES string of the molecule is CC(C)CCS(=O)(=O)NCCCC(N)=S. The van der Waals surface area contributed by atoms with Gasteiger partial charge in [-0.25, -0.2) is 13.1 Å². The van der Waals surface area contributed by atoms with Crippen LogP contribution in [0, 0.1) is 5.92 Å². The molecular formula is C9H20N2O2S2. The van der Waals surface area contributed by atoms with Gasteiger partial charge >= 0.3 is 0 Å². The Bertz CT molecular complexity index is 286. The lowest BCUT2D eigenvalue weighted by atomic mass is 10.2. The van der Waals surface area contributed by atoms with Gasteiger partial charge in [-0.2, -0.15) is 0 Å². The summed E-state index contributed by atoms with van der Waals surface area (Å²) in [7, 11) is -3.11. The van der Waals surface area contributed by atoms with Gasteiger partial charge < -0.3 is 5.73 Å². The smallest absolute Gasteiger partial charge is 0.211 e. The Hall–Kier alpha value is -0.200. The van der Waals surface area contributed by atoms with E-state index in [1.165, 1.54) is 0 Å². The zero-order valence-corrected chi connectivity index (χ0v) is 11.0. The molecule has 15 heavy (non-hydrogen) atoms. The molecule has 0 fully saturated rings. The largest absolute Gasteiger partial charge is 0.393 e. The molecule has 4 nitrogen and oxygen atoms in total. The number of nitrogens with two attached hydrogens (primary N) is 1. The lowest BCUT2D eigenvalue weighted by Crippen LogP contribution is -2.28. The molecule has 0 radical (unpaired) electrons. The number of thiocarbonyl (C=S) groups is 1. The van der Waals surface area contributed by atoms with Crippen molar-refractivity contribution in [2.24, 2.45) is 11.7 Å². The summed E-state index contributed by atoms with van der Waals surface area (Å²) >= 11 is 4.69. The predicted octanol–water partition coefficient (Wildman–Crippen LogP) is 1.02. The topological polar surface area (TPSA) is 72.2 Å². The molecule has 0 spiro atoms. The summed E-state index contributed by atoms with van der Waals surface area (Å²) in [5.74, 6) is 0.593. The summed E-state index contributed by atoms with van der Waals surface area (Å²) in [6.45, 7) is 4.42. The van der Waals surface area contributed by atoms with Gasteiger partial charge in [0.1, 0.15) is 0 Å². The van der Waals surface area contributed by atoms with Crippen LogP contribution in [-0.4, -0.2) is 25.7 Å². The van der Waals surface area contributed by atoms with Crippen molar-refractivity contribution in [1.82, 2.24) is 4.72 Å². The molecule has 0 saturated carbocycles. The Kier molecular flexibility index (Phi) is 7.04. The van der Waals surface area contributed by atoms with Crippen LogP contribution in [0.25, 0.3) is 0 Å². The molecule has 0 rings (SSSR count). The third-order valence-electron chi connectivity index (χ3n) is 1.89. The Morgan fingerprint density at radius 2 is 2.07 bits per heavy atom. The van der Waals surface area contributed by atoms with Gasteiger partial charge in [0.05, 0.1) is 10.7 Å². The molecule has 90 valence electrons. The molecule has 0 aliphatic rings. The molecule has 3 N–H and O–H groups in total. The first kappa shape index (κ1) is 14.8. The third kappa shape index (κ3) is 10.1. The zero-order valence-electron chi connectivity index (χ0n) is 9.32. The minimum atomic E-state index is -3.11. The highest BCUT2D eigenvalue weighted by Crippen LogP contribution is 2.01. The normalized spacial score (nSPS) is 11.9. The summed E-state index contributed by atoms with van der Waals surface area (Å²) in [6.07, 6.45) is 1.93. The van der Waals surface area contributed by atoms with Gasteiger partial charge in [0.15, 0.2) is 0 Å². The van der Waals surface area contributed by atoms with E-state index in [9.17, 15) is 8.42 Å². The molecule has 0 bridgehead atoms. The van der Waals surface area contributed by atoms with Crippen LogP contribution in [0.15, 0.2) is 0 Å². The number of sulfonamides is 1. The Morgan fingerprint density at radius 1 is 1.47 bits per heavy atom. The van der Waals surface area contributed by atoms with Crippen molar-refractivity contribution in [1.29, 1.82) is 0 Å². The summed E-state index contributed by atoms with van der Waals surface area (Å²) in [5.41, 5.74) is 5.29. The first-order valence-corrected chi connectivity index (χ1v) is 7.15. The minimum Gasteiger partial charge on any atom is -0.393 e. The van der Waals surface area contributed by atoms with E-state index < -0.39 is 10.0 Å². The highest BCUT2D eigenvalue weighted by Gasteiger charge is 2.09. The van der Waals surface area contributed by atoms with E-state index >= 15 is 0 Å². The molecule has 0 aromatic carbocycles. The van der Waals surface area contributed by atoms with Crippen LogP contribution in [0.5, 0.6) is 0 Å². The fraction of sp³-hybridized carbons (Fsp3) is 0.889. The van der Waals surface area contributed by atoms with E-state index in [1.807, 2.05) is 13.8 Å². The summed E-state index contributed by atoms with van der Waals surface area (Å²) in [4.78, 5) is 0.427. The minimum absolute atomic E-state index is 0.192. The molecule has 0 atom stereocenters. The highest BCUT2D eigenvalue weighted by atomic mass is 32.2. The van der Waals surface area contributed by atoms with Crippen LogP contribution in [-0.2, 0) is 10.0 Å². The number of nitrogens with one attached hydrogen (secondary N) is 1. The standard InChI is InChI=1S/C9H20N2O2S2/c1-8(2)5-7-15(12,13)11-6-3-4-9(10)14/h8,11H,3-7H2,1-2H3,(H2,10,14). The second kappa shape index (κ2) is 7.14. The van der Waals surface area contributed by atoms with E-state index in [0.29, 0.717) is 36.7 Å². The molecular weight excluding hydrogens is 232 g/mol. The quantitative estimate of drug-likeness (QED) is 0.500. The van der Waals surface area contributed by atoms with E-state index in [4.69, 9.17) is 5.73 Å². The van der Waals surface area contributed by atoms with E-state index in [1.54, 1.807) is 0 Å². The fourth-order valence-electron chi connectivity index (χ4n) is 0.953. The molecule has 0 aliphatic heterocycles. The molecule has 0 aromatic rings. The van der Waals surface area contributed by atoms with Crippen molar-refractivity contribution >= 4 is 27.2 Å². The maximum Gasteiger partial charge on any atom is 0.211 e. The molecule has 6 heteroatoms. The van der Waals surface area contributed by atoms with Crippen molar-refractivity contribution in [2.45, 2.75) is 33.1 Å². The Morgan fingerprint density at radius 3 is 2.53 bits per heavy atom. The van der Waals surface area contributed by atoms with Crippen LogP contribution >= 0.6 is 12.2 Å². The van der Waals surface area contributed by atoms with E-state index in [-0.39, 0.29) is 5.75 Å². The van der Waals surface area contributed by atoms with Gasteiger partial charge in [-0.15, -0.1) is 0 Å². The number of hydrogen-bond acceptors (Lipinski definition) is 3. The second-order valence-corrected chi connectivity index (χ2v) is 6.42. The van der Waals surface area contributed by atoms with Crippen molar-refractivity contribution in [3.63, 3.8) is 0 Å². The van der Waals surface area contributed by atoms with Crippen molar-refractivity contribution in [2.75, 3.05) is 12.3 Å². The molecule has 0 heterocycles. The molecule has 0 aromatic heterocycles. The van der Waals surface area contributed by atoms with Crippen molar-refractivity contribution in [3.05, 3.63) is 0 Å². The summed E-state index contributed by atoms with van der Waals surface area (Å²) in [6, 6.07) is 0. The van der Waals surface area contributed by atoms with E-state index in [0.717, 1.165) is 0 Å². The first-order valence-electron chi connectivity index (χ1n) is 5.09. The second-order valence-electron chi connectivity index (χ2n) is 3.97. The fourth-order valence-corrected chi connectivity index (χ4v) is 2.48. The van der Waals surface area contributed by atoms with Crippen LogP contribution < -0.4 is 10.5 Å². The van der Waals surface area contributed by atoms with Gasteiger partial charge in [-0.05, 0) is 25.2 Å². The van der Waals surface area contributed by atoms with Crippen molar-refractivity contribution < 1.29 is 8.42 Å². The zero-order chi connectivity index (χ0) is 11.9. The monoisotopic (exact) mass is 252 g/mol. The highest BCUT2D eigenvalue weighted by molar-refractivity contribution is 7.89. The summed E-state index contributed by atoms with van der Waals surface area (Å²) in [5, 5.41) is 0. The lowest BCUT2D eigenvalue weighted by Gasteiger charge is -2.07. The average Bonchev–Trinajstić information content (AvgIpc) is 2.09. The summed E-state index contributed by atoms with van der Waals surface area (Å²) < 4.78 is 25.3. The van der Waals surface area contributed by atoms with Gasteiger partial charge in [-0.3, -0.25) is 0 Å². The van der Waals surface area contributed by atoms with Crippen LogP contribution in [0.2, 0.25) is 0 Å². The first-order chi connectivity index (χ1) is 6.83. The lowest BCUT2D eigenvalue weighted by molar-refractivity contribution is 0.560. The Balaban J connectivity index is 3.70. The predicted molar refractivity (Wildman–Crippen MR) is 67.3 cm³/mol. The molecule has 0 amide bonds. The number of hydrogen-bond donors (Lipinski definition) is 2. The van der Waals surface area contributed by atoms with Crippen LogP contribution in [0.3, 0.4) is 0 Å². The van der Waals surface area contributed by atoms with Gasteiger partial charge in [-0.1, -0.05) is 26.1 Å². The Labute approximate surface area is 97.7 Å². The van der Waals surface area contributed by atoms with E-state index in [2.05, 4.69) is 16.9 Å². The molecule has 0 unspecified atom stereocenters. The maximum atomic E-state index is 11.4. The maximum absolute atomic E-state index is 11.4. The molecule has 0 saturated heterocycles. The van der Waals surface area contributed by atoms with Crippen LogP contribution in [0.4, 0.5) is 0 Å². The van der Waals surface area contributed by atoms with Gasteiger partial charge in [0.25, 0.3) is 0 Å². The van der Waals surface area contributed by atoms with Gasteiger partial charge in [0.2, 0.25) is 10.0 Å². The molecule has 0 aliphatic carbocycles. The average molecular weight is 252 g/mol. The van der Waals surface area contributed by atoms with Gasteiger partial charge in [0, 0.05) is 6.54 Å². The number of rotatable bonds is 8. The van der Waals surface area contributed by atoms with Crippen molar-refractivity contribution in [3.8, 4) is 0 Å².